The summed E-state index contributed by atoms with van der Waals surface area (Å²) in [6.45, 7) is 0. The van der Waals surface area contributed by atoms with Crippen LogP contribution in [0.5, 0.6) is 0 Å². The second-order valence-corrected chi connectivity index (χ2v) is 4.13. The number of halogens is 1. The molecule has 3 aromatic rings. The molecule has 0 aliphatic rings. The summed E-state index contributed by atoms with van der Waals surface area (Å²) < 4.78 is 1.69. The van der Waals surface area contributed by atoms with Gasteiger partial charge in [-0.3, -0.25) is 0 Å². The molecule has 1 aromatic carbocycles. The highest BCUT2D eigenvalue weighted by Crippen LogP contribution is 2.21. The molecule has 0 unspecified atom stereocenters. The Hall–Kier alpha value is -2.21. The van der Waals surface area contributed by atoms with Crippen molar-refractivity contribution in [2.24, 2.45) is 7.05 Å². The van der Waals surface area contributed by atoms with E-state index in [1.165, 1.54) is 4.80 Å². The van der Waals surface area contributed by atoms with Crippen LogP contribution < -0.4 is 0 Å². The average Bonchev–Trinajstić information content (AvgIpc) is 2.98. The van der Waals surface area contributed by atoms with Crippen LogP contribution >= 0.6 is 11.6 Å². The fraction of sp³-hybridized carbons (Fsp3) is 0.0909. The zero-order chi connectivity index (χ0) is 12.5. The van der Waals surface area contributed by atoms with E-state index < -0.39 is 0 Å². The molecular weight excluding hydrogens is 252 g/mol. The zero-order valence-corrected chi connectivity index (χ0v) is 10.3. The minimum Gasteiger partial charge on any atom is -0.239 e. The normalized spacial score (nSPS) is 10.8. The molecule has 90 valence electrons. The van der Waals surface area contributed by atoms with E-state index in [9.17, 15) is 0 Å². The molecule has 18 heavy (non-hydrogen) atoms. The van der Waals surface area contributed by atoms with Gasteiger partial charge in [-0.25, -0.2) is 4.68 Å². The van der Waals surface area contributed by atoms with Gasteiger partial charge in [0, 0.05) is 6.20 Å². The predicted molar refractivity (Wildman–Crippen MR) is 66.4 cm³/mol. The van der Waals surface area contributed by atoms with E-state index in [-0.39, 0.29) is 0 Å². The third-order valence-corrected chi connectivity index (χ3v) is 2.77. The molecule has 0 saturated heterocycles. The Morgan fingerprint density at radius 1 is 1.22 bits per heavy atom. The SMILES string of the molecule is Cn1nnc(-c2cnn(-c3ccccc3Cl)c2)n1. The maximum atomic E-state index is 6.11. The van der Waals surface area contributed by atoms with Crippen molar-refractivity contribution in [1.29, 1.82) is 0 Å². The molecule has 0 aliphatic heterocycles. The van der Waals surface area contributed by atoms with E-state index in [2.05, 4.69) is 20.5 Å². The van der Waals surface area contributed by atoms with Crippen molar-refractivity contribution in [1.82, 2.24) is 30.0 Å². The maximum absolute atomic E-state index is 6.11. The monoisotopic (exact) mass is 260 g/mol. The fourth-order valence-corrected chi connectivity index (χ4v) is 1.83. The van der Waals surface area contributed by atoms with Gasteiger partial charge in [-0.05, 0) is 17.3 Å². The molecule has 0 spiro atoms. The van der Waals surface area contributed by atoms with E-state index in [1.807, 2.05) is 30.5 Å². The van der Waals surface area contributed by atoms with Crippen molar-refractivity contribution in [3.63, 3.8) is 0 Å². The summed E-state index contributed by atoms with van der Waals surface area (Å²) in [7, 11) is 1.72. The van der Waals surface area contributed by atoms with Gasteiger partial charge < -0.3 is 0 Å². The lowest BCUT2D eigenvalue weighted by molar-refractivity contribution is 0.630. The lowest BCUT2D eigenvalue weighted by atomic mass is 10.3. The number of benzene rings is 1. The van der Waals surface area contributed by atoms with Crippen LogP contribution in [-0.2, 0) is 7.05 Å². The fourth-order valence-electron chi connectivity index (χ4n) is 1.61. The number of hydrogen-bond acceptors (Lipinski definition) is 4. The van der Waals surface area contributed by atoms with Gasteiger partial charge >= 0.3 is 0 Å². The smallest absolute Gasteiger partial charge is 0.208 e. The van der Waals surface area contributed by atoms with Crippen LogP contribution in [0, 0.1) is 0 Å². The van der Waals surface area contributed by atoms with Gasteiger partial charge in [0.15, 0.2) is 0 Å². The largest absolute Gasteiger partial charge is 0.239 e. The molecule has 3 rings (SSSR count). The number of hydrogen-bond donors (Lipinski definition) is 0. The Bertz CT molecular complexity index is 686. The molecule has 2 aromatic heterocycles. The molecule has 0 fully saturated rings. The molecule has 0 N–H and O–H groups in total. The first kappa shape index (κ1) is 10.9. The van der Waals surface area contributed by atoms with Gasteiger partial charge in [-0.15, -0.1) is 10.2 Å². The van der Waals surface area contributed by atoms with Crippen molar-refractivity contribution in [3.05, 3.63) is 41.7 Å². The van der Waals surface area contributed by atoms with Crippen LogP contribution in [0.1, 0.15) is 0 Å². The van der Waals surface area contributed by atoms with Gasteiger partial charge in [-0.2, -0.15) is 9.90 Å². The third-order valence-electron chi connectivity index (χ3n) is 2.45. The molecule has 7 heteroatoms. The quantitative estimate of drug-likeness (QED) is 0.704. The Morgan fingerprint density at radius 2 is 2.06 bits per heavy atom. The van der Waals surface area contributed by atoms with Crippen LogP contribution in [0.2, 0.25) is 5.02 Å². The molecule has 0 aliphatic carbocycles. The van der Waals surface area contributed by atoms with Gasteiger partial charge in [0.05, 0.1) is 29.5 Å². The highest BCUT2D eigenvalue weighted by atomic mass is 35.5. The second-order valence-electron chi connectivity index (χ2n) is 3.73. The Labute approximate surface area is 108 Å². The Balaban J connectivity index is 2.02. The molecule has 0 radical (unpaired) electrons. The van der Waals surface area contributed by atoms with Crippen LogP contribution in [0.3, 0.4) is 0 Å². The standard InChI is InChI=1S/C11H9ClN6/c1-17-15-11(14-16-17)8-6-13-18(7-8)10-5-3-2-4-9(10)12/h2-7H,1H3. The molecule has 0 atom stereocenters. The zero-order valence-electron chi connectivity index (χ0n) is 9.53. The van der Waals surface area contributed by atoms with Gasteiger partial charge in [0.25, 0.3) is 0 Å². The van der Waals surface area contributed by atoms with E-state index in [1.54, 1.807) is 17.9 Å². The number of rotatable bonds is 2. The maximum Gasteiger partial charge on any atom is 0.208 e. The van der Waals surface area contributed by atoms with Crippen molar-refractivity contribution in [2.75, 3.05) is 0 Å². The Kier molecular flexibility index (Phi) is 2.56. The summed E-state index contributed by atoms with van der Waals surface area (Å²) in [5, 5.41) is 16.7. The minimum atomic E-state index is 0.538. The van der Waals surface area contributed by atoms with E-state index >= 15 is 0 Å². The minimum absolute atomic E-state index is 0.538. The van der Waals surface area contributed by atoms with Crippen molar-refractivity contribution < 1.29 is 0 Å². The number of tetrazole rings is 1. The highest BCUT2D eigenvalue weighted by Gasteiger charge is 2.09. The lowest BCUT2D eigenvalue weighted by Gasteiger charge is -2.02. The van der Waals surface area contributed by atoms with E-state index in [0.29, 0.717) is 10.8 Å². The average molecular weight is 261 g/mol. The highest BCUT2D eigenvalue weighted by molar-refractivity contribution is 6.32. The van der Waals surface area contributed by atoms with E-state index in [4.69, 9.17) is 11.6 Å². The number of para-hydroxylation sites is 1. The van der Waals surface area contributed by atoms with Crippen LogP contribution in [0.4, 0.5) is 0 Å². The summed E-state index contributed by atoms with van der Waals surface area (Å²) in [5.41, 5.74) is 1.61. The topological polar surface area (TPSA) is 61.4 Å². The molecule has 0 saturated carbocycles. The van der Waals surface area contributed by atoms with Crippen molar-refractivity contribution >= 4 is 11.6 Å². The Morgan fingerprint density at radius 3 is 2.78 bits per heavy atom. The molecule has 0 bridgehead atoms. The number of aromatic nitrogens is 6. The first-order valence-electron chi connectivity index (χ1n) is 5.28. The van der Waals surface area contributed by atoms with Crippen LogP contribution in [-0.4, -0.2) is 30.0 Å². The van der Waals surface area contributed by atoms with Crippen molar-refractivity contribution in [2.45, 2.75) is 0 Å². The van der Waals surface area contributed by atoms with Gasteiger partial charge in [0.2, 0.25) is 5.82 Å². The second kappa shape index (κ2) is 4.23. The summed E-state index contributed by atoms with van der Waals surface area (Å²) >= 11 is 6.11. The van der Waals surface area contributed by atoms with Crippen LogP contribution in [0.15, 0.2) is 36.7 Å². The molecular formula is C11H9ClN6. The first-order chi connectivity index (χ1) is 8.74. The third kappa shape index (κ3) is 1.86. The summed E-state index contributed by atoms with van der Waals surface area (Å²) in [4.78, 5) is 1.40. The van der Waals surface area contributed by atoms with Crippen molar-refractivity contribution in [3.8, 4) is 17.1 Å². The molecule has 2 heterocycles. The molecule has 6 nitrogen and oxygen atoms in total. The van der Waals surface area contributed by atoms with E-state index in [0.717, 1.165) is 11.3 Å². The lowest BCUT2D eigenvalue weighted by Crippen LogP contribution is -1.94. The van der Waals surface area contributed by atoms with Crippen LogP contribution in [0.25, 0.3) is 17.1 Å². The molecule has 0 amide bonds. The summed E-state index contributed by atoms with van der Waals surface area (Å²) in [6.07, 6.45) is 3.50. The number of nitrogens with zero attached hydrogens (tertiary/aromatic N) is 6. The summed E-state index contributed by atoms with van der Waals surface area (Å²) in [6, 6.07) is 7.49. The van der Waals surface area contributed by atoms with Gasteiger partial charge in [-0.1, -0.05) is 23.7 Å². The number of aryl methyl sites for hydroxylation is 1. The summed E-state index contributed by atoms with van der Waals surface area (Å²) in [5.74, 6) is 0.538. The van der Waals surface area contributed by atoms with Gasteiger partial charge in [0.1, 0.15) is 0 Å². The predicted octanol–water partition coefficient (Wildman–Crippen LogP) is 1.72. The first-order valence-corrected chi connectivity index (χ1v) is 5.66.